The Morgan fingerprint density at radius 1 is 1.09 bits per heavy atom. The van der Waals surface area contributed by atoms with Crippen molar-refractivity contribution in [2.75, 3.05) is 37.4 Å². The zero-order valence-electron chi connectivity index (χ0n) is 16.7. The van der Waals surface area contributed by atoms with E-state index in [9.17, 15) is 17.6 Å². The van der Waals surface area contributed by atoms with Gasteiger partial charge in [0.1, 0.15) is 5.82 Å². The molecule has 1 saturated heterocycles. The van der Waals surface area contributed by atoms with Crippen molar-refractivity contribution in [1.82, 2.24) is 14.5 Å². The Balaban J connectivity index is 1.37. The summed E-state index contributed by atoms with van der Waals surface area (Å²) in [5, 5.41) is 10.5. The fourth-order valence-corrected chi connectivity index (χ4v) is 4.94. The number of hydrogen-bond acceptors (Lipinski definition) is 8. The third-order valence-corrected chi connectivity index (χ3v) is 7.32. The summed E-state index contributed by atoms with van der Waals surface area (Å²) in [5.41, 5.74) is 0.637. The van der Waals surface area contributed by atoms with Gasteiger partial charge in [-0.1, -0.05) is 23.9 Å². The summed E-state index contributed by atoms with van der Waals surface area (Å²) in [7, 11) is -3.59. The van der Waals surface area contributed by atoms with E-state index in [1.807, 2.05) is 0 Å². The molecule has 0 radical (unpaired) electrons. The molecule has 4 rings (SSSR count). The fraction of sp³-hybridized carbons (Fsp3) is 0.250. The lowest BCUT2D eigenvalue weighted by atomic mass is 10.2. The maximum Gasteiger partial charge on any atom is 0.277 e. The van der Waals surface area contributed by atoms with E-state index in [0.717, 1.165) is 11.8 Å². The van der Waals surface area contributed by atoms with Crippen LogP contribution in [0.25, 0.3) is 11.5 Å². The Hall–Kier alpha value is -2.80. The zero-order valence-corrected chi connectivity index (χ0v) is 18.4. The number of halogens is 1. The van der Waals surface area contributed by atoms with Crippen LogP contribution >= 0.6 is 11.8 Å². The van der Waals surface area contributed by atoms with E-state index in [-0.39, 0.29) is 27.4 Å². The van der Waals surface area contributed by atoms with E-state index in [1.54, 1.807) is 18.2 Å². The van der Waals surface area contributed by atoms with Gasteiger partial charge in [-0.2, -0.15) is 4.31 Å². The van der Waals surface area contributed by atoms with E-state index in [1.165, 1.54) is 34.6 Å². The summed E-state index contributed by atoms with van der Waals surface area (Å²) in [6.45, 7) is 1.38. The van der Waals surface area contributed by atoms with Crippen LogP contribution in [0.4, 0.5) is 10.1 Å². The molecule has 1 amide bonds. The number of nitrogens with one attached hydrogen (secondary N) is 1. The van der Waals surface area contributed by atoms with Gasteiger partial charge < -0.3 is 14.5 Å². The monoisotopic (exact) mass is 478 g/mol. The third kappa shape index (κ3) is 5.15. The molecule has 9 nitrogen and oxygen atoms in total. The number of hydrogen-bond donors (Lipinski definition) is 1. The summed E-state index contributed by atoms with van der Waals surface area (Å²) < 4.78 is 51.1. The van der Waals surface area contributed by atoms with Gasteiger partial charge in [-0.15, -0.1) is 10.2 Å². The van der Waals surface area contributed by atoms with Crippen LogP contribution in [-0.2, 0) is 19.6 Å². The Labute approximate surface area is 188 Å². The second-order valence-electron chi connectivity index (χ2n) is 6.73. The molecule has 1 N–H and O–H groups in total. The summed E-state index contributed by atoms with van der Waals surface area (Å²) in [4.78, 5) is 12.2. The molecule has 1 aromatic heterocycles. The summed E-state index contributed by atoms with van der Waals surface area (Å²) >= 11 is 1.01. The minimum absolute atomic E-state index is 0.0489. The van der Waals surface area contributed by atoms with Crippen LogP contribution in [-0.4, -0.2) is 60.9 Å². The Bertz CT molecular complexity index is 1190. The highest BCUT2D eigenvalue weighted by Gasteiger charge is 2.26. The molecule has 32 heavy (non-hydrogen) atoms. The van der Waals surface area contributed by atoms with Crippen LogP contribution in [0, 0.1) is 5.82 Å². The Kier molecular flexibility index (Phi) is 6.84. The molecule has 12 heteroatoms. The zero-order chi connectivity index (χ0) is 22.6. The van der Waals surface area contributed by atoms with Gasteiger partial charge in [0, 0.05) is 18.7 Å². The van der Waals surface area contributed by atoms with E-state index < -0.39 is 21.7 Å². The number of para-hydroxylation sites is 1. The normalized spacial score (nSPS) is 14.9. The molecule has 0 spiro atoms. The number of carbonyl (C=O) groups is 1. The van der Waals surface area contributed by atoms with Crippen molar-refractivity contribution in [1.29, 1.82) is 0 Å². The number of anilines is 1. The van der Waals surface area contributed by atoms with E-state index in [4.69, 9.17) is 9.15 Å². The molecule has 168 valence electrons. The first-order valence-electron chi connectivity index (χ1n) is 9.62. The highest BCUT2D eigenvalue weighted by Crippen LogP contribution is 2.25. The van der Waals surface area contributed by atoms with Crippen LogP contribution in [0.5, 0.6) is 0 Å². The second kappa shape index (κ2) is 9.77. The maximum atomic E-state index is 13.6. The average Bonchev–Trinajstić information content (AvgIpc) is 3.29. The minimum atomic E-state index is -3.59. The molecule has 0 aliphatic carbocycles. The van der Waals surface area contributed by atoms with Gasteiger partial charge in [0.05, 0.1) is 29.5 Å². The molecule has 1 aliphatic heterocycles. The molecule has 2 aromatic carbocycles. The number of carbonyl (C=O) groups excluding carboxylic acids is 1. The molecule has 0 saturated carbocycles. The molecular formula is C20H19FN4O5S2. The van der Waals surface area contributed by atoms with Crippen molar-refractivity contribution in [3.05, 3.63) is 54.3 Å². The maximum absolute atomic E-state index is 13.6. The van der Waals surface area contributed by atoms with Crippen LogP contribution in [0.15, 0.2) is 63.1 Å². The van der Waals surface area contributed by atoms with Crippen molar-refractivity contribution >= 4 is 33.4 Å². The predicted molar refractivity (Wildman–Crippen MR) is 115 cm³/mol. The van der Waals surface area contributed by atoms with Gasteiger partial charge in [-0.3, -0.25) is 4.79 Å². The number of morpholine rings is 1. The molecule has 0 atom stereocenters. The second-order valence-corrected chi connectivity index (χ2v) is 9.60. The number of thioether (sulfide) groups is 1. The van der Waals surface area contributed by atoms with Crippen molar-refractivity contribution in [3.63, 3.8) is 0 Å². The predicted octanol–water partition coefficient (Wildman–Crippen LogP) is 2.63. The average molecular weight is 479 g/mol. The number of aromatic nitrogens is 2. The molecular weight excluding hydrogens is 459 g/mol. The highest BCUT2D eigenvalue weighted by atomic mass is 32.2. The van der Waals surface area contributed by atoms with Gasteiger partial charge >= 0.3 is 0 Å². The van der Waals surface area contributed by atoms with E-state index >= 15 is 0 Å². The molecule has 0 unspecified atom stereocenters. The van der Waals surface area contributed by atoms with E-state index in [0.29, 0.717) is 31.9 Å². The number of amides is 1. The molecule has 2 heterocycles. The Morgan fingerprint density at radius 3 is 2.53 bits per heavy atom. The summed E-state index contributed by atoms with van der Waals surface area (Å²) in [6.07, 6.45) is 0. The van der Waals surface area contributed by atoms with Crippen molar-refractivity contribution in [2.24, 2.45) is 0 Å². The van der Waals surface area contributed by atoms with Crippen LogP contribution in [0.1, 0.15) is 0 Å². The first-order valence-corrected chi connectivity index (χ1v) is 12.0. The van der Waals surface area contributed by atoms with Gasteiger partial charge in [0.25, 0.3) is 5.22 Å². The number of benzene rings is 2. The Morgan fingerprint density at radius 2 is 1.81 bits per heavy atom. The molecule has 1 aliphatic rings. The minimum Gasteiger partial charge on any atom is -0.411 e. The van der Waals surface area contributed by atoms with E-state index in [2.05, 4.69) is 15.5 Å². The number of nitrogens with zero attached hydrogens (tertiary/aromatic N) is 3. The van der Waals surface area contributed by atoms with Crippen LogP contribution in [0.3, 0.4) is 0 Å². The SMILES string of the molecule is O=C(CSc1nnc(-c2ccc(S(=O)(=O)N3CCOCC3)cc2)o1)Nc1ccccc1F. The smallest absolute Gasteiger partial charge is 0.277 e. The van der Waals surface area contributed by atoms with Gasteiger partial charge in [0.2, 0.25) is 21.8 Å². The fourth-order valence-electron chi connectivity index (χ4n) is 2.97. The van der Waals surface area contributed by atoms with Crippen LogP contribution < -0.4 is 5.32 Å². The lowest BCUT2D eigenvalue weighted by Crippen LogP contribution is -2.40. The van der Waals surface area contributed by atoms with Gasteiger partial charge in [-0.05, 0) is 36.4 Å². The molecule has 0 bridgehead atoms. The van der Waals surface area contributed by atoms with Crippen LogP contribution in [0.2, 0.25) is 0 Å². The van der Waals surface area contributed by atoms with Crippen molar-refractivity contribution < 1.29 is 26.8 Å². The highest BCUT2D eigenvalue weighted by molar-refractivity contribution is 7.99. The summed E-state index contributed by atoms with van der Waals surface area (Å²) in [5.74, 6) is -0.799. The molecule has 3 aromatic rings. The summed E-state index contributed by atoms with van der Waals surface area (Å²) in [6, 6.07) is 12.0. The lowest BCUT2D eigenvalue weighted by molar-refractivity contribution is -0.113. The third-order valence-electron chi connectivity index (χ3n) is 4.59. The first-order chi connectivity index (χ1) is 15.4. The first kappa shape index (κ1) is 22.4. The standard InChI is InChI=1S/C20H19FN4O5S2/c21-16-3-1-2-4-17(16)22-18(26)13-31-20-24-23-19(30-20)14-5-7-15(8-6-14)32(27,28)25-9-11-29-12-10-25/h1-8H,9-13H2,(H,22,26). The quantitative estimate of drug-likeness (QED) is 0.516. The van der Waals surface area contributed by atoms with Crippen molar-refractivity contribution in [3.8, 4) is 11.5 Å². The van der Waals surface area contributed by atoms with Gasteiger partial charge in [-0.25, -0.2) is 12.8 Å². The largest absolute Gasteiger partial charge is 0.411 e. The van der Waals surface area contributed by atoms with Crippen molar-refractivity contribution in [2.45, 2.75) is 10.1 Å². The number of ether oxygens (including phenoxy) is 1. The number of sulfonamides is 1. The molecule has 1 fully saturated rings. The lowest BCUT2D eigenvalue weighted by Gasteiger charge is -2.26. The van der Waals surface area contributed by atoms with Gasteiger partial charge in [0.15, 0.2) is 0 Å². The number of rotatable bonds is 7. The topological polar surface area (TPSA) is 115 Å².